The van der Waals surface area contributed by atoms with Crippen LogP contribution in [0.15, 0.2) is 30.5 Å². The first-order chi connectivity index (χ1) is 17.2. The summed E-state index contributed by atoms with van der Waals surface area (Å²) in [6.07, 6.45) is 4.88. The van der Waals surface area contributed by atoms with Gasteiger partial charge in [-0.2, -0.15) is 0 Å². The van der Waals surface area contributed by atoms with Gasteiger partial charge in [0.25, 0.3) is 0 Å². The lowest BCUT2D eigenvalue weighted by molar-refractivity contribution is -0.146. The van der Waals surface area contributed by atoms with Crippen LogP contribution in [0.3, 0.4) is 0 Å². The Labute approximate surface area is 216 Å². The maximum Gasteiger partial charge on any atom is 0.313 e. The summed E-state index contributed by atoms with van der Waals surface area (Å²) in [6.45, 7) is 6.82. The Hall–Kier alpha value is -3.04. The first-order valence-electron chi connectivity index (χ1n) is 12.6. The third-order valence-corrected chi connectivity index (χ3v) is 8.16. The Kier molecular flexibility index (Phi) is 7.90. The molecule has 1 aromatic carbocycles. The van der Waals surface area contributed by atoms with Crippen LogP contribution in [-0.2, 0) is 22.4 Å². The lowest BCUT2D eigenvalue weighted by atomic mass is 9.89. The molecule has 9 heteroatoms. The number of anilines is 2. The topological polar surface area (TPSA) is 104 Å². The number of likely N-dealkylation sites (N-methyl/N-ethyl adjacent to an activating group) is 1. The molecule has 2 amide bonds. The number of carbonyl (C=O) groups is 2. The molecule has 0 bridgehead atoms. The number of benzene rings is 1. The van der Waals surface area contributed by atoms with Gasteiger partial charge in [-0.1, -0.05) is 19.9 Å². The van der Waals surface area contributed by atoms with Crippen LogP contribution in [0, 0.1) is 5.92 Å². The number of nitrogens with zero attached hydrogens (tertiary/aromatic N) is 4. The number of aromatic nitrogens is 2. The number of nitrogen functional groups attached to an aromatic ring is 1. The SMILES string of the molecule is CCc1cc(NC(=O)C(=O)N2C[C@@H](C)CC[C@@H]2c2ccc3sc(C[C@H](C)N(C)C)nc3c2)cnc1N. The van der Waals surface area contributed by atoms with Gasteiger partial charge in [-0.25, -0.2) is 9.97 Å². The number of aryl methyl sites for hydroxylation is 1. The number of pyridine rings is 1. The van der Waals surface area contributed by atoms with Crippen molar-refractivity contribution in [1.29, 1.82) is 0 Å². The van der Waals surface area contributed by atoms with Crippen molar-refractivity contribution in [3.63, 3.8) is 0 Å². The fourth-order valence-corrected chi connectivity index (χ4v) is 5.70. The van der Waals surface area contributed by atoms with Crippen LogP contribution in [0.1, 0.15) is 55.8 Å². The number of likely N-dealkylation sites (tertiary alicyclic amines) is 1. The fraction of sp³-hybridized carbons (Fsp3) is 0.481. The molecule has 3 atom stereocenters. The summed E-state index contributed by atoms with van der Waals surface area (Å²) in [5.74, 6) is -0.425. The van der Waals surface area contributed by atoms with Gasteiger partial charge in [0.1, 0.15) is 5.82 Å². The Morgan fingerprint density at radius 2 is 2.06 bits per heavy atom. The fourth-order valence-electron chi connectivity index (χ4n) is 4.63. The highest BCUT2D eigenvalue weighted by molar-refractivity contribution is 7.18. The molecule has 1 saturated heterocycles. The number of fused-ring (bicyclic) bond motifs is 1. The predicted octanol–water partition coefficient (Wildman–Crippen LogP) is 4.27. The number of amides is 2. The molecule has 0 spiro atoms. The van der Waals surface area contributed by atoms with Crippen LogP contribution in [0.2, 0.25) is 0 Å². The number of carbonyl (C=O) groups excluding carboxylic acids is 2. The monoisotopic (exact) mass is 508 g/mol. The molecule has 1 fully saturated rings. The average Bonchev–Trinajstić information content (AvgIpc) is 3.25. The van der Waals surface area contributed by atoms with Crippen LogP contribution in [-0.4, -0.2) is 58.3 Å². The molecule has 8 nitrogen and oxygen atoms in total. The lowest BCUT2D eigenvalue weighted by Crippen LogP contribution is -2.46. The van der Waals surface area contributed by atoms with E-state index in [4.69, 9.17) is 10.7 Å². The van der Waals surface area contributed by atoms with Gasteiger partial charge in [-0.15, -0.1) is 11.3 Å². The minimum Gasteiger partial charge on any atom is -0.383 e. The van der Waals surface area contributed by atoms with E-state index in [1.165, 1.54) is 6.20 Å². The second-order valence-corrected chi connectivity index (χ2v) is 11.2. The number of nitrogens with two attached hydrogens (primary N) is 1. The normalized spacial score (nSPS) is 19.0. The van der Waals surface area contributed by atoms with Crippen LogP contribution in [0.25, 0.3) is 10.2 Å². The van der Waals surface area contributed by atoms with Gasteiger partial charge in [-0.05, 0) is 75.5 Å². The minimum atomic E-state index is -0.655. The Morgan fingerprint density at radius 1 is 1.28 bits per heavy atom. The Morgan fingerprint density at radius 3 is 2.78 bits per heavy atom. The smallest absolute Gasteiger partial charge is 0.313 e. The highest BCUT2D eigenvalue weighted by Crippen LogP contribution is 2.36. The van der Waals surface area contributed by atoms with Gasteiger partial charge in [0.2, 0.25) is 0 Å². The number of piperidine rings is 1. The molecular formula is C27H36N6O2S. The molecule has 0 saturated carbocycles. The van der Waals surface area contributed by atoms with Gasteiger partial charge in [0.05, 0.1) is 33.2 Å². The highest BCUT2D eigenvalue weighted by atomic mass is 32.1. The van der Waals surface area contributed by atoms with Crippen molar-refractivity contribution >= 4 is 44.9 Å². The largest absolute Gasteiger partial charge is 0.383 e. The number of nitrogens with one attached hydrogen (secondary N) is 1. The molecule has 192 valence electrons. The van der Waals surface area contributed by atoms with E-state index >= 15 is 0 Å². The Balaban J connectivity index is 1.55. The molecule has 36 heavy (non-hydrogen) atoms. The molecule has 3 N–H and O–H groups in total. The molecule has 3 aromatic rings. The zero-order chi connectivity index (χ0) is 26.0. The molecule has 0 aliphatic carbocycles. The average molecular weight is 509 g/mol. The summed E-state index contributed by atoms with van der Waals surface area (Å²) in [4.78, 5) is 39.3. The molecule has 1 aliphatic rings. The van der Waals surface area contributed by atoms with Crippen LogP contribution < -0.4 is 11.1 Å². The van der Waals surface area contributed by atoms with E-state index in [0.717, 1.165) is 45.6 Å². The van der Waals surface area contributed by atoms with E-state index in [9.17, 15) is 9.59 Å². The zero-order valence-corrected chi connectivity index (χ0v) is 22.6. The lowest BCUT2D eigenvalue weighted by Gasteiger charge is -2.38. The molecule has 0 radical (unpaired) electrons. The third-order valence-electron chi connectivity index (χ3n) is 7.11. The summed E-state index contributed by atoms with van der Waals surface area (Å²) >= 11 is 1.72. The second-order valence-electron chi connectivity index (χ2n) is 10.1. The maximum absolute atomic E-state index is 13.4. The first kappa shape index (κ1) is 26.0. The maximum atomic E-state index is 13.4. The summed E-state index contributed by atoms with van der Waals surface area (Å²) in [6, 6.07) is 8.28. The van der Waals surface area contributed by atoms with E-state index in [0.29, 0.717) is 36.4 Å². The van der Waals surface area contributed by atoms with Crippen LogP contribution in [0.5, 0.6) is 0 Å². The van der Waals surface area contributed by atoms with Crippen molar-refractivity contribution in [1.82, 2.24) is 19.8 Å². The van der Waals surface area contributed by atoms with Crippen molar-refractivity contribution in [2.45, 2.75) is 58.5 Å². The number of hydrogen-bond donors (Lipinski definition) is 2. The highest BCUT2D eigenvalue weighted by Gasteiger charge is 2.34. The van der Waals surface area contributed by atoms with Crippen molar-refractivity contribution < 1.29 is 9.59 Å². The molecule has 2 aromatic heterocycles. The van der Waals surface area contributed by atoms with E-state index in [-0.39, 0.29) is 6.04 Å². The molecule has 0 unspecified atom stereocenters. The van der Waals surface area contributed by atoms with Crippen molar-refractivity contribution in [2.75, 3.05) is 31.7 Å². The van der Waals surface area contributed by atoms with Crippen LogP contribution >= 0.6 is 11.3 Å². The first-order valence-corrected chi connectivity index (χ1v) is 13.4. The van der Waals surface area contributed by atoms with Crippen molar-refractivity contribution in [2.24, 2.45) is 5.92 Å². The molecule has 1 aliphatic heterocycles. The van der Waals surface area contributed by atoms with E-state index in [2.05, 4.69) is 61.3 Å². The standard InChI is InChI=1S/C27H36N6O2S/c1-6-18-12-20(14-29-25(18)28)30-26(34)27(35)33-15-16(2)7-9-22(33)19-8-10-23-21(13-19)31-24(36-23)11-17(3)32(4)5/h8,10,12-14,16-17,22H,6-7,9,11,15H2,1-5H3,(H2,28,29)(H,30,34)/t16-,17-,22+/m0/s1. The number of thiazole rings is 1. The van der Waals surface area contributed by atoms with Gasteiger partial charge in [0, 0.05) is 19.0 Å². The van der Waals surface area contributed by atoms with Crippen molar-refractivity contribution in [3.8, 4) is 0 Å². The van der Waals surface area contributed by atoms with Gasteiger partial charge in [-0.3, -0.25) is 9.59 Å². The zero-order valence-electron chi connectivity index (χ0n) is 21.7. The minimum absolute atomic E-state index is 0.162. The van der Waals surface area contributed by atoms with E-state index in [1.807, 2.05) is 6.92 Å². The quantitative estimate of drug-likeness (QED) is 0.482. The van der Waals surface area contributed by atoms with Crippen molar-refractivity contribution in [3.05, 3.63) is 46.6 Å². The number of hydrogen-bond acceptors (Lipinski definition) is 7. The Bertz CT molecular complexity index is 1260. The van der Waals surface area contributed by atoms with Crippen LogP contribution in [0.4, 0.5) is 11.5 Å². The van der Waals surface area contributed by atoms with E-state index < -0.39 is 11.8 Å². The summed E-state index contributed by atoms with van der Waals surface area (Å²) in [7, 11) is 4.16. The summed E-state index contributed by atoms with van der Waals surface area (Å²) in [5.41, 5.74) is 9.16. The van der Waals surface area contributed by atoms with Gasteiger partial charge >= 0.3 is 11.8 Å². The number of rotatable bonds is 6. The molecule has 4 rings (SSSR count). The van der Waals surface area contributed by atoms with Gasteiger partial charge in [0.15, 0.2) is 0 Å². The molecule has 3 heterocycles. The molecular weight excluding hydrogens is 472 g/mol. The summed E-state index contributed by atoms with van der Waals surface area (Å²) < 4.78 is 1.14. The summed E-state index contributed by atoms with van der Waals surface area (Å²) in [5, 5.41) is 3.83. The van der Waals surface area contributed by atoms with E-state index in [1.54, 1.807) is 22.3 Å². The second kappa shape index (κ2) is 10.9. The third kappa shape index (κ3) is 5.68. The predicted molar refractivity (Wildman–Crippen MR) is 146 cm³/mol. The van der Waals surface area contributed by atoms with Gasteiger partial charge < -0.3 is 20.9 Å².